The molecule has 0 aromatic heterocycles. The van der Waals surface area contributed by atoms with Gasteiger partial charge in [0.25, 0.3) is 0 Å². The van der Waals surface area contributed by atoms with Crippen LogP contribution in [0.15, 0.2) is 48.5 Å². The molecule has 2 aromatic rings. The average molecular weight is 299 g/mol. The van der Waals surface area contributed by atoms with E-state index in [1.165, 1.54) is 37.7 Å². The minimum Gasteiger partial charge on any atom is -0.289 e. The molecule has 0 spiro atoms. The Kier molecular flexibility index (Phi) is 4.40. The van der Waals surface area contributed by atoms with Gasteiger partial charge in [0.2, 0.25) is 0 Å². The molecule has 3 rings (SSSR count). The van der Waals surface area contributed by atoms with Crippen molar-refractivity contribution >= 4 is 17.4 Å². The lowest BCUT2D eigenvalue weighted by atomic mass is 9.84. The topological polar surface area (TPSA) is 17.1 Å². The molecule has 108 valence electrons. The molecule has 0 atom stereocenters. The van der Waals surface area contributed by atoms with Crippen molar-refractivity contribution in [2.75, 3.05) is 0 Å². The van der Waals surface area contributed by atoms with Crippen LogP contribution in [0.5, 0.6) is 0 Å². The smallest absolute Gasteiger partial charge is 0.193 e. The van der Waals surface area contributed by atoms with Crippen LogP contribution in [-0.2, 0) is 0 Å². The van der Waals surface area contributed by atoms with Crippen molar-refractivity contribution in [1.29, 1.82) is 0 Å². The lowest BCUT2D eigenvalue weighted by Gasteiger charge is -2.22. The summed E-state index contributed by atoms with van der Waals surface area (Å²) in [4.78, 5) is 12.4. The largest absolute Gasteiger partial charge is 0.289 e. The zero-order valence-electron chi connectivity index (χ0n) is 12.0. The standard InChI is InChI=1S/C19H19ClO/c20-18-12-10-17(11-13-18)19(21)16-8-6-15(7-9-16)14-4-2-1-3-5-14/h6-14H,1-5H2. The molecule has 0 heterocycles. The van der Waals surface area contributed by atoms with E-state index >= 15 is 0 Å². The van der Waals surface area contributed by atoms with Crippen LogP contribution in [0.1, 0.15) is 59.5 Å². The molecule has 1 nitrogen and oxygen atoms in total. The van der Waals surface area contributed by atoms with Gasteiger partial charge in [0.05, 0.1) is 0 Å². The van der Waals surface area contributed by atoms with Gasteiger partial charge in [-0.2, -0.15) is 0 Å². The third-order valence-corrected chi connectivity index (χ3v) is 4.61. The van der Waals surface area contributed by atoms with Crippen molar-refractivity contribution in [2.24, 2.45) is 0 Å². The van der Waals surface area contributed by atoms with Gasteiger partial charge in [-0.1, -0.05) is 55.1 Å². The summed E-state index contributed by atoms with van der Waals surface area (Å²) in [5.41, 5.74) is 2.81. The van der Waals surface area contributed by atoms with E-state index in [0.717, 1.165) is 5.56 Å². The second kappa shape index (κ2) is 6.44. The van der Waals surface area contributed by atoms with Crippen LogP contribution in [0.2, 0.25) is 5.02 Å². The third-order valence-electron chi connectivity index (χ3n) is 4.36. The predicted octanol–water partition coefficient (Wildman–Crippen LogP) is 5.62. The molecule has 0 aliphatic heterocycles. The number of halogens is 1. The zero-order valence-corrected chi connectivity index (χ0v) is 12.8. The summed E-state index contributed by atoms with van der Waals surface area (Å²) in [5.74, 6) is 0.736. The Morgan fingerprint density at radius 2 is 1.33 bits per heavy atom. The number of benzene rings is 2. The predicted molar refractivity (Wildman–Crippen MR) is 87.2 cm³/mol. The third kappa shape index (κ3) is 3.36. The van der Waals surface area contributed by atoms with Crippen molar-refractivity contribution in [3.8, 4) is 0 Å². The van der Waals surface area contributed by atoms with Gasteiger partial charge in [0.15, 0.2) is 5.78 Å². The fourth-order valence-corrected chi connectivity index (χ4v) is 3.24. The van der Waals surface area contributed by atoms with Crippen LogP contribution >= 0.6 is 11.6 Å². The van der Waals surface area contributed by atoms with Gasteiger partial charge in [0, 0.05) is 16.1 Å². The quantitative estimate of drug-likeness (QED) is 0.672. The van der Waals surface area contributed by atoms with E-state index in [1.807, 2.05) is 12.1 Å². The number of carbonyl (C=O) groups is 1. The first kappa shape index (κ1) is 14.3. The first-order chi connectivity index (χ1) is 10.2. The molecular weight excluding hydrogens is 280 g/mol. The highest BCUT2D eigenvalue weighted by molar-refractivity contribution is 6.30. The molecule has 1 aliphatic rings. The number of carbonyl (C=O) groups excluding carboxylic acids is 1. The highest BCUT2D eigenvalue weighted by Crippen LogP contribution is 2.32. The van der Waals surface area contributed by atoms with Crippen molar-refractivity contribution in [1.82, 2.24) is 0 Å². The van der Waals surface area contributed by atoms with E-state index in [0.29, 0.717) is 16.5 Å². The van der Waals surface area contributed by atoms with E-state index in [4.69, 9.17) is 11.6 Å². The van der Waals surface area contributed by atoms with E-state index in [2.05, 4.69) is 12.1 Å². The van der Waals surface area contributed by atoms with Gasteiger partial charge in [-0.25, -0.2) is 0 Å². The monoisotopic (exact) mass is 298 g/mol. The summed E-state index contributed by atoms with van der Waals surface area (Å²) in [7, 11) is 0. The molecular formula is C19H19ClO. The Labute approximate surface area is 131 Å². The van der Waals surface area contributed by atoms with Gasteiger partial charge >= 0.3 is 0 Å². The van der Waals surface area contributed by atoms with Gasteiger partial charge in [-0.15, -0.1) is 0 Å². The Balaban J connectivity index is 1.77. The molecule has 0 unspecified atom stereocenters. The highest BCUT2D eigenvalue weighted by atomic mass is 35.5. The maximum absolute atomic E-state index is 12.4. The number of hydrogen-bond acceptors (Lipinski definition) is 1. The number of hydrogen-bond donors (Lipinski definition) is 0. The molecule has 1 fully saturated rings. The summed E-state index contributed by atoms with van der Waals surface area (Å²) in [6, 6.07) is 15.2. The summed E-state index contributed by atoms with van der Waals surface area (Å²) < 4.78 is 0. The van der Waals surface area contributed by atoms with Gasteiger partial charge < -0.3 is 0 Å². The van der Waals surface area contributed by atoms with Crippen molar-refractivity contribution in [2.45, 2.75) is 38.0 Å². The van der Waals surface area contributed by atoms with Crippen molar-refractivity contribution in [3.63, 3.8) is 0 Å². The normalized spacial score (nSPS) is 15.9. The van der Waals surface area contributed by atoms with Gasteiger partial charge in [0.1, 0.15) is 0 Å². The molecule has 0 saturated heterocycles. The lowest BCUT2D eigenvalue weighted by molar-refractivity contribution is 0.103. The van der Waals surface area contributed by atoms with Crippen LogP contribution < -0.4 is 0 Å². The second-order valence-electron chi connectivity index (χ2n) is 5.79. The van der Waals surface area contributed by atoms with Crippen LogP contribution in [0.4, 0.5) is 0 Å². The van der Waals surface area contributed by atoms with Crippen LogP contribution in [0.3, 0.4) is 0 Å². The molecule has 21 heavy (non-hydrogen) atoms. The maximum Gasteiger partial charge on any atom is 0.193 e. The average Bonchev–Trinajstić information content (AvgIpc) is 2.56. The van der Waals surface area contributed by atoms with Crippen molar-refractivity contribution in [3.05, 3.63) is 70.2 Å². The Morgan fingerprint density at radius 3 is 1.90 bits per heavy atom. The lowest BCUT2D eigenvalue weighted by Crippen LogP contribution is -2.06. The minimum absolute atomic E-state index is 0.0573. The van der Waals surface area contributed by atoms with E-state index in [-0.39, 0.29) is 5.78 Å². The summed E-state index contributed by atoms with van der Waals surface area (Å²) in [6.07, 6.45) is 6.59. The summed E-state index contributed by atoms with van der Waals surface area (Å²) >= 11 is 5.86. The fraction of sp³-hybridized carbons (Fsp3) is 0.316. The molecule has 0 radical (unpaired) electrons. The van der Waals surface area contributed by atoms with Crippen molar-refractivity contribution < 1.29 is 4.79 Å². The summed E-state index contributed by atoms with van der Waals surface area (Å²) in [6.45, 7) is 0. The van der Waals surface area contributed by atoms with E-state index in [1.54, 1.807) is 24.3 Å². The van der Waals surface area contributed by atoms with Crippen LogP contribution in [-0.4, -0.2) is 5.78 Å². The Morgan fingerprint density at radius 1 is 0.810 bits per heavy atom. The van der Waals surface area contributed by atoms with E-state index < -0.39 is 0 Å². The molecule has 0 bridgehead atoms. The Bertz CT molecular complexity index is 607. The molecule has 1 aliphatic carbocycles. The molecule has 0 amide bonds. The van der Waals surface area contributed by atoms with Gasteiger partial charge in [-0.05, 0) is 48.6 Å². The number of rotatable bonds is 3. The van der Waals surface area contributed by atoms with Gasteiger partial charge in [-0.3, -0.25) is 4.79 Å². The Hall–Kier alpha value is -1.60. The minimum atomic E-state index is 0.0573. The zero-order chi connectivity index (χ0) is 14.7. The molecule has 2 heteroatoms. The fourth-order valence-electron chi connectivity index (χ4n) is 3.11. The molecule has 0 N–H and O–H groups in total. The van der Waals surface area contributed by atoms with Crippen LogP contribution in [0.25, 0.3) is 0 Å². The second-order valence-corrected chi connectivity index (χ2v) is 6.23. The van der Waals surface area contributed by atoms with Crippen LogP contribution in [0, 0.1) is 0 Å². The molecule has 1 saturated carbocycles. The summed E-state index contributed by atoms with van der Waals surface area (Å²) in [5, 5.41) is 0.652. The first-order valence-corrected chi connectivity index (χ1v) is 8.02. The maximum atomic E-state index is 12.4. The SMILES string of the molecule is O=C(c1ccc(Cl)cc1)c1ccc(C2CCCCC2)cc1. The first-order valence-electron chi connectivity index (χ1n) is 7.64. The number of ketones is 1. The highest BCUT2D eigenvalue weighted by Gasteiger charge is 2.16. The molecule has 2 aromatic carbocycles. The van der Waals surface area contributed by atoms with E-state index in [9.17, 15) is 4.79 Å².